The van der Waals surface area contributed by atoms with Gasteiger partial charge < -0.3 is 4.90 Å². The van der Waals surface area contributed by atoms with Gasteiger partial charge in [0.2, 0.25) is 0 Å². The molecule has 0 radical (unpaired) electrons. The molecule has 0 aliphatic heterocycles. The third kappa shape index (κ3) is 7.48. The molecule has 2 nitrogen and oxygen atoms in total. The van der Waals surface area contributed by atoms with Crippen molar-refractivity contribution in [3.8, 4) is 0 Å². The zero-order chi connectivity index (χ0) is 11.7. The summed E-state index contributed by atoms with van der Waals surface area (Å²) in [5, 5.41) is 0. The lowest BCUT2D eigenvalue weighted by Gasteiger charge is -2.23. The Labute approximate surface area is 92.8 Å². The Hall–Kier alpha value is -0.440. The SMILES string of the molecule is CCCCN(CCCC)CC(C)C(=O)F. The summed E-state index contributed by atoms with van der Waals surface area (Å²) in [4.78, 5) is 12.7. The Morgan fingerprint density at radius 2 is 1.67 bits per heavy atom. The number of rotatable bonds is 9. The highest BCUT2D eigenvalue weighted by molar-refractivity contribution is 5.70. The van der Waals surface area contributed by atoms with Crippen LogP contribution in [0.5, 0.6) is 0 Å². The summed E-state index contributed by atoms with van der Waals surface area (Å²) in [6, 6.07) is -1.19. The molecule has 0 aromatic rings. The van der Waals surface area contributed by atoms with E-state index in [0.29, 0.717) is 6.54 Å². The van der Waals surface area contributed by atoms with Crippen LogP contribution in [0.15, 0.2) is 0 Å². The van der Waals surface area contributed by atoms with Crippen molar-refractivity contribution in [2.75, 3.05) is 19.6 Å². The van der Waals surface area contributed by atoms with Crippen LogP contribution in [-0.2, 0) is 4.79 Å². The predicted molar refractivity (Wildman–Crippen MR) is 61.5 cm³/mol. The number of carbonyl (C=O) groups excluding carboxylic acids is 1. The highest BCUT2D eigenvalue weighted by Gasteiger charge is 2.15. The maximum Gasteiger partial charge on any atom is 0.305 e. The normalized spacial score (nSPS) is 13.1. The van der Waals surface area contributed by atoms with Crippen molar-refractivity contribution in [3.05, 3.63) is 0 Å². The number of halogens is 1. The van der Waals surface area contributed by atoms with Crippen LogP contribution in [0.4, 0.5) is 4.39 Å². The standard InChI is InChI=1S/C12H24FNO/c1-4-6-8-14(9-7-5-2)10-11(3)12(13)15/h11H,4-10H2,1-3H3. The van der Waals surface area contributed by atoms with Crippen LogP contribution in [0.1, 0.15) is 46.5 Å². The van der Waals surface area contributed by atoms with E-state index in [4.69, 9.17) is 0 Å². The smallest absolute Gasteiger partial charge is 0.303 e. The first-order valence-electron chi connectivity index (χ1n) is 6.03. The first kappa shape index (κ1) is 14.6. The minimum absolute atomic E-state index is 0.473. The van der Waals surface area contributed by atoms with Gasteiger partial charge in [-0.1, -0.05) is 33.6 Å². The molecule has 0 N–H and O–H groups in total. The Morgan fingerprint density at radius 3 is 2.00 bits per heavy atom. The minimum atomic E-state index is -1.19. The molecule has 0 aromatic heterocycles. The van der Waals surface area contributed by atoms with E-state index in [2.05, 4.69) is 18.7 Å². The van der Waals surface area contributed by atoms with Gasteiger partial charge in [0.1, 0.15) is 0 Å². The predicted octanol–water partition coefficient (Wildman–Crippen LogP) is 3.02. The van der Waals surface area contributed by atoms with Crippen LogP contribution < -0.4 is 0 Å². The Morgan fingerprint density at radius 1 is 1.20 bits per heavy atom. The number of hydrogen-bond acceptors (Lipinski definition) is 2. The topological polar surface area (TPSA) is 20.3 Å². The monoisotopic (exact) mass is 217 g/mol. The molecule has 0 bridgehead atoms. The van der Waals surface area contributed by atoms with Crippen molar-refractivity contribution in [1.29, 1.82) is 0 Å². The van der Waals surface area contributed by atoms with Crippen LogP contribution in [-0.4, -0.2) is 30.6 Å². The van der Waals surface area contributed by atoms with E-state index < -0.39 is 12.0 Å². The first-order valence-corrected chi connectivity index (χ1v) is 6.03. The van der Waals surface area contributed by atoms with Crippen LogP contribution in [0.2, 0.25) is 0 Å². The van der Waals surface area contributed by atoms with Crippen molar-refractivity contribution < 1.29 is 9.18 Å². The van der Waals surface area contributed by atoms with Gasteiger partial charge in [-0.05, 0) is 25.9 Å². The summed E-state index contributed by atoms with van der Waals surface area (Å²) < 4.78 is 12.4. The fourth-order valence-electron chi connectivity index (χ4n) is 1.52. The van der Waals surface area contributed by atoms with Crippen molar-refractivity contribution in [1.82, 2.24) is 4.90 Å². The molecule has 1 unspecified atom stereocenters. The van der Waals surface area contributed by atoms with E-state index in [1.54, 1.807) is 6.92 Å². The third-order valence-corrected chi connectivity index (χ3v) is 2.58. The number of unbranched alkanes of at least 4 members (excludes halogenated alkanes) is 2. The van der Waals surface area contributed by atoms with Gasteiger partial charge in [0, 0.05) is 6.54 Å². The maximum absolute atomic E-state index is 12.4. The molecule has 0 heterocycles. The van der Waals surface area contributed by atoms with Gasteiger partial charge in [0.25, 0.3) is 0 Å². The lowest BCUT2D eigenvalue weighted by Crippen LogP contribution is -2.32. The van der Waals surface area contributed by atoms with E-state index in [0.717, 1.165) is 38.8 Å². The summed E-state index contributed by atoms with van der Waals surface area (Å²) in [6.45, 7) is 8.47. The van der Waals surface area contributed by atoms with Gasteiger partial charge in [0.05, 0.1) is 5.92 Å². The fraction of sp³-hybridized carbons (Fsp3) is 0.917. The van der Waals surface area contributed by atoms with Crippen LogP contribution >= 0.6 is 0 Å². The number of nitrogens with zero attached hydrogens (tertiary/aromatic N) is 1. The molecule has 15 heavy (non-hydrogen) atoms. The highest BCUT2D eigenvalue weighted by Crippen LogP contribution is 2.06. The van der Waals surface area contributed by atoms with Gasteiger partial charge in [-0.2, -0.15) is 4.39 Å². The Bertz CT molecular complexity index is 165. The van der Waals surface area contributed by atoms with Gasteiger partial charge in [-0.15, -0.1) is 0 Å². The van der Waals surface area contributed by atoms with E-state index >= 15 is 0 Å². The van der Waals surface area contributed by atoms with Crippen molar-refractivity contribution in [3.63, 3.8) is 0 Å². The van der Waals surface area contributed by atoms with Crippen LogP contribution in [0, 0.1) is 5.92 Å². The molecule has 0 rings (SSSR count). The summed E-state index contributed by atoms with van der Waals surface area (Å²) in [5.41, 5.74) is 0. The Kier molecular flexibility index (Phi) is 8.58. The third-order valence-electron chi connectivity index (χ3n) is 2.58. The van der Waals surface area contributed by atoms with Crippen molar-refractivity contribution in [2.45, 2.75) is 46.5 Å². The molecule has 1 atom stereocenters. The summed E-state index contributed by atoms with van der Waals surface area (Å²) in [5.74, 6) is -0.473. The summed E-state index contributed by atoms with van der Waals surface area (Å²) in [7, 11) is 0. The van der Waals surface area contributed by atoms with Crippen molar-refractivity contribution >= 4 is 6.04 Å². The van der Waals surface area contributed by atoms with Crippen LogP contribution in [0.3, 0.4) is 0 Å². The number of carbonyl (C=O) groups is 1. The van der Waals surface area contributed by atoms with E-state index in [9.17, 15) is 9.18 Å². The molecular formula is C12H24FNO. The van der Waals surface area contributed by atoms with E-state index in [1.807, 2.05) is 0 Å². The average Bonchev–Trinajstić information content (AvgIpc) is 2.21. The second kappa shape index (κ2) is 8.84. The van der Waals surface area contributed by atoms with Crippen molar-refractivity contribution in [2.24, 2.45) is 5.92 Å². The van der Waals surface area contributed by atoms with E-state index in [1.165, 1.54) is 0 Å². The highest BCUT2D eigenvalue weighted by atomic mass is 19.1. The largest absolute Gasteiger partial charge is 0.305 e. The molecule has 0 amide bonds. The van der Waals surface area contributed by atoms with Crippen LogP contribution in [0.25, 0.3) is 0 Å². The molecule has 0 saturated heterocycles. The number of hydrogen-bond donors (Lipinski definition) is 0. The maximum atomic E-state index is 12.4. The first-order chi connectivity index (χ1) is 7.11. The lowest BCUT2D eigenvalue weighted by atomic mass is 10.1. The van der Waals surface area contributed by atoms with Gasteiger partial charge in [-0.25, -0.2) is 0 Å². The summed E-state index contributed by atoms with van der Waals surface area (Å²) in [6.07, 6.45) is 4.52. The zero-order valence-corrected chi connectivity index (χ0v) is 10.3. The fourth-order valence-corrected chi connectivity index (χ4v) is 1.52. The molecule has 90 valence electrons. The molecule has 0 spiro atoms. The summed E-state index contributed by atoms with van der Waals surface area (Å²) >= 11 is 0. The van der Waals surface area contributed by atoms with E-state index in [-0.39, 0.29) is 0 Å². The molecular weight excluding hydrogens is 193 g/mol. The second-order valence-corrected chi connectivity index (χ2v) is 4.21. The lowest BCUT2D eigenvalue weighted by molar-refractivity contribution is -0.133. The van der Waals surface area contributed by atoms with Gasteiger partial charge >= 0.3 is 6.04 Å². The minimum Gasteiger partial charge on any atom is -0.303 e. The zero-order valence-electron chi connectivity index (χ0n) is 10.3. The molecule has 0 aliphatic carbocycles. The average molecular weight is 217 g/mol. The molecule has 0 fully saturated rings. The van der Waals surface area contributed by atoms with Gasteiger partial charge in [-0.3, -0.25) is 4.79 Å². The van der Waals surface area contributed by atoms with Gasteiger partial charge in [0.15, 0.2) is 0 Å². The molecule has 0 aliphatic rings. The molecule has 0 saturated carbocycles. The second-order valence-electron chi connectivity index (χ2n) is 4.21. The molecule has 0 aromatic carbocycles. The quantitative estimate of drug-likeness (QED) is 0.553. The Balaban J connectivity index is 3.92. The molecule has 3 heteroatoms.